The van der Waals surface area contributed by atoms with Gasteiger partial charge < -0.3 is 14.1 Å². The maximum Gasteiger partial charge on any atom is 0.192 e. The fourth-order valence-corrected chi connectivity index (χ4v) is 3.15. The van der Waals surface area contributed by atoms with E-state index in [9.17, 15) is 0 Å². The molecular weight excluding hydrogens is 300 g/mol. The zero-order valence-electron chi connectivity index (χ0n) is 13.1. The SMILES string of the molecule is Cc1nc2cc(N3c4ccccc4Oc4ccccc43)ccc2o1. The average Bonchev–Trinajstić information content (AvgIpc) is 2.98. The second-order valence-corrected chi connectivity index (χ2v) is 5.76. The maximum atomic E-state index is 6.04. The molecule has 116 valence electrons. The molecule has 2 heterocycles. The fourth-order valence-electron chi connectivity index (χ4n) is 3.15. The summed E-state index contributed by atoms with van der Waals surface area (Å²) in [5, 5.41) is 0. The van der Waals surface area contributed by atoms with Gasteiger partial charge in [0.1, 0.15) is 5.52 Å². The third kappa shape index (κ3) is 1.90. The number of oxazole rings is 1. The Balaban J connectivity index is 1.76. The molecule has 0 saturated heterocycles. The molecule has 3 aromatic carbocycles. The molecule has 0 saturated carbocycles. The quantitative estimate of drug-likeness (QED) is 0.397. The Morgan fingerprint density at radius 3 is 2.21 bits per heavy atom. The van der Waals surface area contributed by atoms with Crippen LogP contribution in [-0.4, -0.2) is 4.98 Å². The van der Waals surface area contributed by atoms with Crippen molar-refractivity contribution >= 4 is 28.2 Å². The third-order valence-electron chi connectivity index (χ3n) is 4.17. The zero-order valence-corrected chi connectivity index (χ0v) is 13.1. The van der Waals surface area contributed by atoms with Crippen LogP contribution in [0.2, 0.25) is 0 Å². The minimum Gasteiger partial charge on any atom is -0.453 e. The smallest absolute Gasteiger partial charge is 0.192 e. The van der Waals surface area contributed by atoms with Crippen LogP contribution in [0.3, 0.4) is 0 Å². The molecular formula is C20H14N2O2. The van der Waals surface area contributed by atoms with Gasteiger partial charge in [-0.1, -0.05) is 24.3 Å². The van der Waals surface area contributed by atoms with Gasteiger partial charge in [0.15, 0.2) is 23.0 Å². The van der Waals surface area contributed by atoms with E-state index in [4.69, 9.17) is 9.15 Å². The lowest BCUT2D eigenvalue weighted by molar-refractivity contribution is 0.477. The third-order valence-corrected chi connectivity index (χ3v) is 4.17. The van der Waals surface area contributed by atoms with E-state index in [1.165, 1.54) is 0 Å². The van der Waals surface area contributed by atoms with Crippen molar-refractivity contribution in [2.24, 2.45) is 0 Å². The number of benzene rings is 3. The molecule has 0 N–H and O–H groups in total. The number of aryl methyl sites for hydroxylation is 1. The van der Waals surface area contributed by atoms with Gasteiger partial charge >= 0.3 is 0 Å². The molecule has 4 aromatic rings. The van der Waals surface area contributed by atoms with Crippen LogP contribution in [0.4, 0.5) is 17.1 Å². The fraction of sp³-hybridized carbons (Fsp3) is 0.0500. The predicted molar refractivity (Wildman–Crippen MR) is 93.5 cm³/mol. The number of aromatic nitrogens is 1. The van der Waals surface area contributed by atoms with Crippen LogP contribution in [0.15, 0.2) is 71.1 Å². The average molecular weight is 314 g/mol. The molecule has 5 rings (SSSR count). The summed E-state index contributed by atoms with van der Waals surface area (Å²) in [5.74, 6) is 2.35. The van der Waals surface area contributed by atoms with Crippen LogP contribution in [-0.2, 0) is 0 Å². The summed E-state index contributed by atoms with van der Waals surface area (Å²) in [7, 11) is 0. The molecule has 0 atom stereocenters. The van der Waals surface area contributed by atoms with E-state index in [0.29, 0.717) is 5.89 Å². The highest BCUT2D eigenvalue weighted by Gasteiger charge is 2.25. The molecule has 0 fully saturated rings. The van der Waals surface area contributed by atoms with E-state index in [2.05, 4.69) is 22.0 Å². The summed E-state index contributed by atoms with van der Waals surface area (Å²) >= 11 is 0. The van der Waals surface area contributed by atoms with Crippen molar-refractivity contribution < 1.29 is 9.15 Å². The highest BCUT2D eigenvalue weighted by molar-refractivity contribution is 5.89. The topological polar surface area (TPSA) is 38.5 Å². The van der Waals surface area contributed by atoms with Crippen LogP contribution >= 0.6 is 0 Å². The van der Waals surface area contributed by atoms with E-state index in [-0.39, 0.29) is 0 Å². The van der Waals surface area contributed by atoms with Crippen molar-refractivity contribution in [2.75, 3.05) is 4.90 Å². The van der Waals surface area contributed by atoms with E-state index >= 15 is 0 Å². The van der Waals surface area contributed by atoms with Crippen molar-refractivity contribution in [1.82, 2.24) is 4.98 Å². The maximum absolute atomic E-state index is 6.04. The van der Waals surface area contributed by atoms with Gasteiger partial charge in [0.2, 0.25) is 0 Å². The van der Waals surface area contributed by atoms with Gasteiger partial charge in [-0.15, -0.1) is 0 Å². The molecule has 1 aliphatic rings. The Hall–Kier alpha value is -3.27. The van der Waals surface area contributed by atoms with Crippen LogP contribution in [0, 0.1) is 6.92 Å². The van der Waals surface area contributed by atoms with Gasteiger partial charge in [-0.05, 0) is 42.5 Å². The lowest BCUT2D eigenvalue weighted by Crippen LogP contribution is -2.15. The number of para-hydroxylation sites is 4. The lowest BCUT2D eigenvalue weighted by atomic mass is 10.1. The van der Waals surface area contributed by atoms with Gasteiger partial charge in [0.05, 0.1) is 11.4 Å². The van der Waals surface area contributed by atoms with E-state index < -0.39 is 0 Å². The molecule has 0 bridgehead atoms. The molecule has 0 radical (unpaired) electrons. The Bertz CT molecular complexity index is 1020. The zero-order chi connectivity index (χ0) is 16.1. The number of ether oxygens (including phenoxy) is 1. The number of hydrogen-bond acceptors (Lipinski definition) is 4. The highest BCUT2D eigenvalue weighted by atomic mass is 16.5. The lowest BCUT2D eigenvalue weighted by Gasteiger charge is -2.32. The molecule has 4 nitrogen and oxygen atoms in total. The molecule has 0 amide bonds. The summed E-state index contributed by atoms with van der Waals surface area (Å²) in [5.41, 5.74) is 4.70. The van der Waals surface area contributed by atoms with Crippen molar-refractivity contribution in [3.63, 3.8) is 0 Å². The number of nitrogens with zero attached hydrogens (tertiary/aromatic N) is 2. The Morgan fingerprint density at radius 1 is 0.833 bits per heavy atom. The standard InChI is InChI=1S/C20H14N2O2/c1-13-21-15-12-14(10-11-18(15)23-13)22-16-6-2-4-8-19(16)24-20-9-5-3-7-17(20)22/h2-12H,1H3. The second kappa shape index (κ2) is 4.86. The number of anilines is 3. The first-order valence-electron chi connectivity index (χ1n) is 7.83. The van der Waals surface area contributed by atoms with Crippen molar-refractivity contribution in [1.29, 1.82) is 0 Å². The molecule has 0 spiro atoms. The van der Waals surface area contributed by atoms with E-state index in [1.807, 2.05) is 61.5 Å². The van der Waals surface area contributed by atoms with Crippen LogP contribution in [0.1, 0.15) is 5.89 Å². The first kappa shape index (κ1) is 13.2. The second-order valence-electron chi connectivity index (χ2n) is 5.76. The molecule has 1 aromatic heterocycles. The minimum atomic E-state index is 0.671. The van der Waals surface area contributed by atoms with Crippen molar-refractivity contribution in [2.45, 2.75) is 6.92 Å². The van der Waals surface area contributed by atoms with Crippen molar-refractivity contribution in [3.05, 3.63) is 72.6 Å². The number of hydrogen-bond donors (Lipinski definition) is 0. The summed E-state index contributed by atoms with van der Waals surface area (Å²) in [6.07, 6.45) is 0. The van der Waals surface area contributed by atoms with Crippen LogP contribution < -0.4 is 9.64 Å². The van der Waals surface area contributed by atoms with Crippen LogP contribution in [0.5, 0.6) is 11.5 Å². The largest absolute Gasteiger partial charge is 0.453 e. The molecule has 4 heteroatoms. The monoisotopic (exact) mass is 314 g/mol. The highest BCUT2D eigenvalue weighted by Crippen LogP contribution is 2.50. The first-order chi connectivity index (χ1) is 11.8. The number of fused-ring (bicyclic) bond motifs is 3. The Morgan fingerprint density at radius 2 is 1.50 bits per heavy atom. The summed E-state index contributed by atoms with van der Waals surface area (Å²) in [4.78, 5) is 6.65. The normalized spacial score (nSPS) is 12.6. The van der Waals surface area contributed by atoms with Gasteiger partial charge in [-0.25, -0.2) is 4.98 Å². The Kier molecular flexibility index (Phi) is 2.67. The van der Waals surface area contributed by atoms with E-state index in [1.54, 1.807) is 0 Å². The number of rotatable bonds is 1. The predicted octanol–water partition coefficient (Wildman–Crippen LogP) is 5.71. The summed E-state index contributed by atoms with van der Waals surface area (Å²) in [6.45, 7) is 1.86. The minimum absolute atomic E-state index is 0.671. The van der Waals surface area contributed by atoms with Crippen LogP contribution in [0.25, 0.3) is 11.1 Å². The summed E-state index contributed by atoms with van der Waals surface area (Å²) in [6, 6.07) is 22.1. The molecule has 24 heavy (non-hydrogen) atoms. The van der Waals surface area contributed by atoms with Gasteiger partial charge in [0, 0.05) is 12.6 Å². The van der Waals surface area contributed by atoms with Gasteiger partial charge in [-0.3, -0.25) is 0 Å². The summed E-state index contributed by atoms with van der Waals surface area (Å²) < 4.78 is 11.6. The van der Waals surface area contributed by atoms with Crippen molar-refractivity contribution in [3.8, 4) is 11.5 Å². The van der Waals surface area contributed by atoms with E-state index in [0.717, 1.165) is 39.7 Å². The van der Waals surface area contributed by atoms with Gasteiger partial charge in [-0.2, -0.15) is 0 Å². The van der Waals surface area contributed by atoms with Gasteiger partial charge in [0.25, 0.3) is 0 Å². The molecule has 1 aliphatic heterocycles. The molecule has 0 unspecified atom stereocenters. The molecule has 0 aliphatic carbocycles. The Labute approximate surface area is 138 Å². The first-order valence-corrected chi connectivity index (χ1v) is 7.83.